The van der Waals surface area contributed by atoms with Crippen molar-refractivity contribution in [3.8, 4) is 0 Å². The van der Waals surface area contributed by atoms with Crippen molar-refractivity contribution in [2.75, 3.05) is 13.2 Å². The van der Waals surface area contributed by atoms with E-state index >= 15 is 0 Å². The molecule has 0 fully saturated rings. The molecule has 1 rings (SSSR count). The molecular formula is C10H12BrNO6. The minimum absolute atomic E-state index is 0.331. The lowest BCUT2D eigenvalue weighted by molar-refractivity contribution is -0.542. The van der Waals surface area contributed by atoms with Crippen molar-refractivity contribution in [1.29, 1.82) is 0 Å². The Labute approximate surface area is 111 Å². The van der Waals surface area contributed by atoms with Gasteiger partial charge in [-0.05, 0) is 12.1 Å². The SMILES string of the molecule is O=C(O)c1ccccc1.O=[N+]([O-])C(Br)(CO)CO. The Morgan fingerprint density at radius 2 is 1.72 bits per heavy atom. The molecule has 1 aromatic carbocycles. The molecule has 0 aliphatic heterocycles. The highest BCUT2D eigenvalue weighted by atomic mass is 79.9. The number of hydrogen-bond acceptors (Lipinski definition) is 5. The summed E-state index contributed by atoms with van der Waals surface area (Å²) in [6.07, 6.45) is 0. The maximum atomic E-state index is 10.2. The molecule has 0 saturated heterocycles. The van der Waals surface area contributed by atoms with Crippen molar-refractivity contribution in [1.82, 2.24) is 0 Å². The number of aromatic carboxylic acids is 1. The quantitative estimate of drug-likeness (QED) is 0.325. The molecule has 0 aromatic heterocycles. The smallest absolute Gasteiger partial charge is 0.335 e. The lowest BCUT2D eigenvalue weighted by atomic mass is 10.2. The Morgan fingerprint density at radius 3 is 1.89 bits per heavy atom. The van der Waals surface area contributed by atoms with Gasteiger partial charge in [-0.25, -0.2) is 4.79 Å². The Kier molecular flexibility index (Phi) is 7.10. The Bertz CT molecular complexity index is 393. The Hall–Kier alpha value is -1.51. The van der Waals surface area contributed by atoms with Crippen molar-refractivity contribution >= 4 is 21.9 Å². The molecule has 8 heteroatoms. The highest BCUT2D eigenvalue weighted by molar-refractivity contribution is 9.10. The van der Waals surface area contributed by atoms with Crippen LogP contribution in [-0.4, -0.2) is 43.9 Å². The molecule has 0 unspecified atom stereocenters. The van der Waals surface area contributed by atoms with Gasteiger partial charge in [0.1, 0.15) is 13.2 Å². The van der Waals surface area contributed by atoms with Crippen LogP contribution in [0, 0.1) is 10.1 Å². The van der Waals surface area contributed by atoms with Gasteiger partial charge >= 0.3 is 10.4 Å². The first-order chi connectivity index (χ1) is 8.37. The predicted molar refractivity (Wildman–Crippen MR) is 66.2 cm³/mol. The molecule has 0 aliphatic carbocycles. The summed E-state index contributed by atoms with van der Waals surface area (Å²) >= 11 is 2.55. The fourth-order valence-electron chi connectivity index (χ4n) is 0.746. The molecule has 1 aromatic rings. The Morgan fingerprint density at radius 1 is 1.28 bits per heavy atom. The van der Waals surface area contributed by atoms with E-state index in [1.807, 2.05) is 0 Å². The molecule has 0 atom stereocenters. The van der Waals surface area contributed by atoms with Gasteiger partial charge in [-0.1, -0.05) is 18.2 Å². The summed E-state index contributed by atoms with van der Waals surface area (Å²) in [7, 11) is 0. The van der Waals surface area contributed by atoms with Crippen LogP contribution in [0.15, 0.2) is 30.3 Å². The first kappa shape index (κ1) is 16.5. The van der Waals surface area contributed by atoms with Gasteiger partial charge in [0, 0.05) is 20.9 Å². The maximum Gasteiger partial charge on any atom is 0.335 e. The maximum absolute atomic E-state index is 10.2. The largest absolute Gasteiger partial charge is 0.478 e. The number of rotatable bonds is 4. The van der Waals surface area contributed by atoms with E-state index in [2.05, 4.69) is 15.9 Å². The minimum Gasteiger partial charge on any atom is -0.478 e. The lowest BCUT2D eigenvalue weighted by Crippen LogP contribution is -2.39. The van der Waals surface area contributed by atoms with Gasteiger partial charge in [-0.15, -0.1) is 0 Å². The fourth-order valence-corrected chi connectivity index (χ4v) is 0.746. The first-order valence-corrected chi connectivity index (χ1v) is 5.50. The zero-order valence-corrected chi connectivity index (χ0v) is 10.8. The number of halogens is 1. The molecule has 7 nitrogen and oxygen atoms in total. The highest BCUT2D eigenvalue weighted by Gasteiger charge is 2.38. The van der Waals surface area contributed by atoms with Gasteiger partial charge in [0.05, 0.1) is 5.56 Å². The molecule has 0 spiro atoms. The van der Waals surface area contributed by atoms with E-state index in [1.54, 1.807) is 30.3 Å². The van der Waals surface area contributed by atoms with Gasteiger partial charge in [0.15, 0.2) is 0 Å². The molecule has 3 N–H and O–H groups in total. The molecule has 0 bridgehead atoms. The van der Waals surface area contributed by atoms with Gasteiger partial charge in [-0.3, -0.25) is 10.1 Å². The Balaban J connectivity index is 0.000000321. The number of alkyl halides is 1. The van der Waals surface area contributed by atoms with Crippen LogP contribution in [0.4, 0.5) is 0 Å². The summed E-state index contributed by atoms with van der Waals surface area (Å²) in [6, 6.07) is 8.30. The lowest BCUT2D eigenvalue weighted by Gasteiger charge is -2.11. The van der Waals surface area contributed by atoms with Crippen molar-refractivity contribution in [2.45, 2.75) is 4.45 Å². The van der Waals surface area contributed by atoms with E-state index in [0.29, 0.717) is 5.56 Å². The van der Waals surface area contributed by atoms with Crippen LogP contribution < -0.4 is 0 Å². The topological polar surface area (TPSA) is 121 Å². The third kappa shape index (κ3) is 5.21. The number of aliphatic hydroxyl groups is 2. The average molecular weight is 322 g/mol. The number of carboxylic acid groups (broad SMARTS) is 1. The van der Waals surface area contributed by atoms with E-state index < -0.39 is 28.6 Å². The summed E-state index contributed by atoms with van der Waals surface area (Å²) in [5.74, 6) is -0.879. The third-order valence-electron chi connectivity index (χ3n) is 1.83. The number of benzene rings is 1. The van der Waals surface area contributed by atoms with Crippen LogP contribution in [0.1, 0.15) is 10.4 Å². The van der Waals surface area contributed by atoms with Gasteiger partial charge in [0.25, 0.3) is 0 Å². The molecule has 0 aliphatic rings. The second-order valence-electron chi connectivity index (χ2n) is 3.16. The highest BCUT2D eigenvalue weighted by Crippen LogP contribution is 2.15. The van der Waals surface area contributed by atoms with Crippen molar-refractivity contribution in [2.24, 2.45) is 0 Å². The van der Waals surface area contributed by atoms with Crippen molar-refractivity contribution < 1.29 is 25.0 Å². The van der Waals surface area contributed by atoms with Crippen LogP contribution in [0.3, 0.4) is 0 Å². The van der Waals surface area contributed by atoms with Crippen LogP contribution in [0.25, 0.3) is 0 Å². The molecule has 18 heavy (non-hydrogen) atoms. The number of hydrogen-bond donors (Lipinski definition) is 3. The van der Waals surface area contributed by atoms with Crippen LogP contribution in [0.5, 0.6) is 0 Å². The summed E-state index contributed by atoms with van der Waals surface area (Å²) in [6.45, 7) is -1.45. The molecule has 0 heterocycles. The van der Waals surface area contributed by atoms with E-state index in [0.717, 1.165) is 0 Å². The summed E-state index contributed by atoms with van der Waals surface area (Å²) in [4.78, 5) is 19.3. The second-order valence-corrected chi connectivity index (χ2v) is 4.64. The normalized spacial score (nSPS) is 10.2. The monoisotopic (exact) mass is 321 g/mol. The standard InChI is InChI=1S/C7H6O2.C3H6BrNO4/c8-7(9)6-4-2-1-3-5-6;4-3(1-6,2-7)5(8)9/h1-5H,(H,8,9);6-7H,1-2H2. The molecule has 0 radical (unpaired) electrons. The zero-order chi connectivity index (χ0) is 14.2. The van der Waals surface area contributed by atoms with Gasteiger partial charge in [-0.2, -0.15) is 0 Å². The number of carbonyl (C=O) groups is 1. The summed E-state index contributed by atoms with van der Waals surface area (Å²) in [5.41, 5.74) is 0.331. The molecule has 0 saturated carbocycles. The molecular weight excluding hydrogens is 310 g/mol. The summed E-state index contributed by atoms with van der Waals surface area (Å²) in [5, 5.41) is 34.9. The van der Waals surface area contributed by atoms with Crippen LogP contribution >= 0.6 is 15.9 Å². The second kappa shape index (κ2) is 7.75. The van der Waals surface area contributed by atoms with Gasteiger partial charge < -0.3 is 15.3 Å². The number of nitrogens with zero attached hydrogens (tertiary/aromatic N) is 1. The average Bonchev–Trinajstić information content (AvgIpc) is 2.39. The molecule has 100 valence electrons. The van der Waals surface area contributed by atoms with E-state index in [4.69, 9.17) is 15.3 Å². The zero-order valence-electron chi connectivity index (χ0n) is 9.19. The van der Waals surface area contributed by atoms with Crippen molar-refractivity contribution in [3.05, 3.63) is 46.0 Å². The summed E-state index contributed by atoms with van der Waals surface area (Å²) < 4.78 is -1.77. The van der Waals surface area contributed by atoms with E-state index in [-0.39, 0.29) is 0 Å². The van der Waals surface area contributed by atoms with Crippen LogP contribution in [0.2, 0.25) is 0 Å². The number of nitro groups is 1. The van der Waals surface area contributed by atoms with Gasteiger partial charge in [0.2, 0.25) is 0 Å². The first-order valence-electron chi connectivity index (χ1n) is 4.71. The number of carboxylic acids is 1. The van der Waals surface area contributed by atoms with E-state index in [9.17, 15) is 14.9 Å². The van der Waals surface area contributed by atoms with Crippen LogP contribution in [-0.2, 0) is 0 Å². The number of aliphatic hydroxyl groups excluding tert-OH is 2. The van der Waals surface area contributed by atoms with E-state index in [1.165, 1.54) is 0 Å². The fraction of sp³-hybridized carbons (Fsp3) is 0.300. The molecule has 0 amide bonds. The predicted octanol–water partition coefficient (Wildman–Crippen LogP) is 0.724. The third-order valence-corrected chi connectivity index (χ3v) is 2.62. The minimum atomic E-state index is -1.77. The van der Waals surface area contributed by atoms with Crippen molar-refractivity contribution in [3.63, 3.8) is 0 Å².